The zero-order valence-electron chi connectivity index (χ0n) is 17.8. The summed E-state index contributed by atoms with van der Waals surface area (Å²) in [4.78, 5) is 34.0. The first kappa shape index (κ1) is 24.9. The molecule has 1 rings (SSSR count). The second-order valence-corrected chi connectivity index (χ2v) is 6.53. The fourth-order valence-corrected chi connectivity index (χ4v) is 2.50. The number of rotatable bonds is 13. The van der Waals surface area contributed by atoms with Crippen LogP contribution in [0.25, 0.3) is 6.08 Å². The molecule has 0 aromatic heterocycles. The van der Waals surface area contributed by atoms with E-state index in [1.165, 1.54) is 13.0 Å². The molecule has 0 N–H and O–H groups in total. The van der Waals surface area contributed by atoms with E-state index in [1.54, 1.807) is 25.1 Å². The summed E-state index contributed by atoms with van der Waals surface area (Å²) in [5.74, 6) is -0.629. The molecule has 164 valence electrons. The number of carbonyl (C=O) groups excluding carboxylic acids is 3. The highest BCUT2D eigenvalue weighted by molar-refractivity contribution is 5.87. The second-order valence-electron chi connectivity index (χ2n) is 6.53. The van der Waals surface area contributed by atoms with Crippen LogP contribution in [0.1, 0.15) is 45.6 Å². The molecule has 0 aliphatic rings. The summed E-state index contributed by atoms with van der Waals surface area (Å²) in [5, 5.41) is 0. The molecule has 1 aromatic rings. The van der Waals surface area contributed by atoms with Gasteiger partial charge in [0.25, 0.3) is 0 Å². The smallest absolute Gasteiger partial charge is 0.331 e. The third-order valence-corrected chi connectivity index (χ3v) is 4.06. The monoisotopic (exact) mass is 418 g/mol. The first-order valence-corrected chi connectivity index (χ1v) is 9.93. The Morgan fingerprint density at radius 2 is 1.70 bits per heavy atom. The number of benzene rings is 1. The van der Waals surface area contributed by atoms with Crippen LogP contribution in [0, 0.1) is 0 Å². The number of hydrogen-bond acceptors (Lipinski definition) is 7. The van der Waals surface area contributed by atoms with Gasteiger partial charge in [0.15, 0.2) is 0 Å². The van der Waals surface area contributed by atoms with Crippen molar-refractivity contribution in [3.05, 3.63) is 48.6 Å². The molecular formula is C23H30O7. The minimum atomic E-state index is -0.504. The Balaban J connectivity index is 2.39. The highest BCUT2D eigenvalue weighted by Crippen LogP contribution is 2.14. The minimum Gasteiger partial charge on any atom is -0.494 e. The fourth-order valence-electron chi connectivity index (χ4n) is 2.50. The van der Waals surface area contributed by atoms with Crippen LogP contribution in [-0.4, -0.2) is 43.3 Å². The van der Waals surface area contributed by atoms with Crippen LogP contribution < -0.4 is 4.74 Å². The molecule has 0 heterocycles. The Kier molecular flexibility index (Phi) is 11.6. The second kappa shape index (κ2) is 14.0. The van der Waals surface area contributed by atoms with Crippen LogP contribution in [0.5, 0.6) is 5.75 Å². The van der Waals surface area contributed by atoms with Gasteiger partial charge >= 0.3 is 17.9 Å². The highest BCUT2D eigenvalue weighted by atomic mass is 16.6. The van der Waals surface area contributed by atoms with Crippen molar-refractivity contribution in [2.24, 2.45) is 0 Å². The van der Waals surface area contributed by atoms with Gasteiger partial charge < -0.3 is 18.9 Å². The molecule has 0 saturated heterocycles. The van der Waals surface area contributed by atoms with Crippen molar-refractivity contribution in [3.8, 4) is 5.75 Å². The predicted octanol–water partition coefficient (Wildman–Crippen LogP) is 3.86. The van der Waals surface area contributed by atoms with Gasteiger partial charge in [0, 0.05) is 19.1 Å². The van der Waals surface area contributed by atoms with Gasteiger partial charge in [0.2, 0.25) is 0 Å². The maximum absolute atomic E-state index is 12.0. The van der Waals surface area contributed by atoms with Crippen molar-refractivity contribution in [2.75, 3.05) is 13.2 Å². The molecule has 0 saturated carbocycles. The zero-order chi connectivity index (χ0) is 22.4. The Bertz CT molecular complexity index is 722. The Morgan fingerprint density at radius 1 is 1.03 bits per heavy atom. The quantitative estimate of drug-likeness (QED) is 0.208. The van der Waals surface area contributed by atoms with E-state index >= 15 is 0 Å². The number of carbonyl (C=O) groups is 3. The summed E-state index contributed by atoms with van der Waals surface area (Å²) in [5.41, 5.74) is 0.816. The molecule has 0 spiro atoms. The normalized spacial score (nSPS) is 12.6. The molecule has 0 amide bonds. The lowest BCUT2D eigenvalue weighted by Gasteiger charge is -2.21. The van der Waals surface area contributed by atoms with Crippen LogP contribution in [0.4, 0.5) is 0 Å². The lowest BCUT2D eigenvalue weighted by atomic mass is 10.2. The molecule has 0 aliphatic carbocycles. The van der Waals surface area contributed by atoms with Crippen LogP contribution in [0.15, 0.2) is 43.0 Å². The van der Waals surface area contributed by atoms with E-state index in [9.17, 15) is 14.4 Å². The molecule has 2 atom stereocenters. The van der Waals surface area contributed by atoms with Crippen molar-refractivity contribution in [1.29, 1.82) is 0 Å². The van der Waals surface area contributed by atoms with E-state index < -0.39 is 30.1 Å². The lowest BCUT2D eigenvalue weighted by Crippen LogP contribution is -2.31. The number of esters is 3. The van der Waals surface area contributed by atoms with E-state index in [-0.39, 0.29) is 0 Å². The first-order valence-electron chi connectivity index (χ1n) is 9.93. The zero-order valence-corrected chi connectivity index (χ0v) is 17.8. The molecule has 0 aliphatic heterocycles. The Labute approximate surface area is 177 Å². The number of hydrogen-bond donors (Lipinski definition) is 0. The van der Waals surface area contributed by atoms with Gasteiger partial charge in [-0.25, -0.2) is 9.59 Å². The van der Waals surface area contributed by atoms with Gasteiger partial charge in [0.05, 0.1) is 13.2 Å². The summed E-state index contributed by atoms with van der Waals surface area (Å²) in [7, 11) is 0. The van der Waals surface area contributed by atoms with Gasteiger partial charge in [-0.15, -0.1) is 0 Å². The van der Waals surface area contributed by atoms with Crippen LogP contribution in [0.3, 0.4) is 0 Å². The maximum atomic E-state index is 12.0. The number of ether oxygens (including phenoxy) is 4. The SMILES string of the molecule is C=CC(=O)OCCCCOc1ccc(C=CC(=O)OC(CC)C(C)OC(C)=O)cc1. The van der Waals surface area contributed by atoms with E-state index in [1.807, 2.05) is 19.1 Å². The third-order valence-electron chi connectivity index (χ3n) is 4.06. The molecule has 0 fully saturated rings. The Morgan fingerprint density at radius 3 is 2.30 bits per heavy atom. The third kappa shape index (κ3) is 10.5. The van der Waals surface area contributed by atoms with Crippen LogP contribution >= 0.6 is 0 Å². The van der Waals surface area contributed by atoms with Gasteiger partial charge in [-0.1, -0.05) is 25.6 Å². The van der Waals surface area contributed by atoms with Gasteiger partial charge in [-0.3, -0.25) is 4.79 Å². The standard InChI is InChI=1S/C23H30O7/c1-5-21(17(3)29-18(4)24)30-23(26)14-11-19-9-12-20(13-10-19)27-15-7-8-16-28-22(25)6-2/h6,9-14,17,21H,2,5,7-8,15-16H2,1,3-4H3. The Hall–Kier alpha value is -3.09. The first-order chi connectivity index (χ1) is 14.3. The number of unbranched alkanes of at least 4 members (excludes halogenated alkanes) is 1. The molecule has 0 radical (unpaired) electrons. The van der Waals surface area contributed by atoms with Gasteiger partial charge in [0.1, 0.15) is 18.0 Å². The maximum Gasteiger partial charge on any atom is 0.331 e. The summed E-state index contributed by atoms with van der Waals surface area (Å²) in [6.45, 7) is 9.05. The molecule has 7 nitrogen and oxygen atoms in total. The van der Waals surface area contributed by atoms with Gasteiger partial charge in [-0.2, -0.15) is 0 Å². The van der Waals surface area contributed by atoms with E-state index in [2.05, 4.69) is 6.58 Å². The summed E-state index contributed by atoms with van der Waals surface area (Å²) < 4.78 is 20.9. The van der Waals surface area contributed by atoms with Crippen LogP contribution in [-0.2, 0) is 28.6 Å². The highest BCUT2D eigenvalue weighted by Gasteiger charge is 2.21. The summed E-state index contributed by atoms with van der Waals surface area (Å²) >= 11 is 0. The van der Waals surface area contributed by atoms with Crippen LogP contribution in [0.2, 0.25) is 0 Å². The largest absolute Gasteiger partial charge is 0.494 e. The predicted molar refractivity (Wildman–Crippen MR) is 113 cm³/mol. The average Bonchev–Trinajstić information content (AvgIpc) is 2.72. The lowest BCUT2D eigenvalue weighted by molar-refractivity contribution is -0.162. The van der Waals surface area contributed by atoms with Crippen molar-refractivity contribution in [1.82, 2.24) is 0 Å². The fraction of sp³-hybridized carbons (Fsp3) is 0.435. The van der Waals surface area contributed by atoms with Gasteiger partial charge in [-0.05, 0) is 50.0 Å². The molecular weight excluding hydrogens is 388 g/mol. The van der Waals surface area contributed by atoms with E-state index in [0.717, 1.165) is 18.1 Å². The van der Waals surface area contributed by atoms with E-state index in [0.29, 0.717) is 31.8 Å². The topological polar surface area (TPSA) is 88.1 Å². The molecule has 7 heteroatoms. The van der Waals surface area contributed by atoms with Crippen molar-refractivity contribution >= 4 is 24.0 Å². The minimum absolute atomic E-state index is 0.340. The molecule has 0 bridgehead atoms. The molecule has 2 unspecified atom stereocenters. The molecule has 1 aromatic carbocycles. The molecule has 30 heavy (non-hydrogen) atoms. The van der Waals surface area contributed by atoms with E-state index in [4.69, 9.17) is 18.9 Å². The van der Waals surface area contributed by atoms with Crippen molar-refractivity contribution in [2.45, 2.75) is 52.2 Å². The summed E-state index contributed by atoms with van der Waals surface area (Å²) in [6.07, 6.45) is 5.11. The van der Waals surface area contributed by atoms with Crippen molar-refractivity contribution in [3.63, 3.8) is 0 Å². The van der Waals surface area contributed by atoms with Crippen molar-refractivity contribution < 1.29 is 33.3 Å². The average molecular weight is 418 g/mol. The summed E-state index contributed by atoms with van der Waals surface area (Å²) in [6, 6.07) is 7.26.